The summed E-state index contributed by atoms with van der Waals surface area (Å²) in [7, 11) is 0. The number of alkyl halides is 4. The lowest BCUT2D eigenvalue weighted by Crippen LogP contribution is -2.42. The molecule has 0 spiro atoms. The highest BCUT2D eigenvalue weighted by Crippen LogP contribution is 2.44. The first-order chi connectivity index (χ1) is 8.86. The van der Waals surface area contributed by atoms with Gasteiger partial charge in [0.15, 0.2) is 0 Å². The zero-order valence-corrected chi connectivity index (χ0v) is 10.2. The van der Waals surface area contributed by atoms with E-state index in [1.165, 1.54) is 6.92 Å². The average Bonchev–Trinajstić information content (AvgIpc) is 2.68. The molecule has 6 heteroatoms. The molecule has 2 nitrogen and oxygen atoms in total. The molecule has 0 aliphatic heterocycles. The number of carbonyl (C=O) groups excluding carboxylic acids is 1. The Bertz CT molecular complexity index is 486. The van der Waals surface area contributed by atoms with Gasteiger partial charge in [-0.1, -0.05) is 24.3 Å². The van der Waals surface area contributed by atoms with Crippen molar-refractivity contribution in [3.63, 3.8) is 0 Å². The van der Waals surface area contributed by atoms with E-state index in [0.29, 0.717) is 16.0 Å². The Labute approximate surface area is 108 Å². The van der Waals surface area contributed by atoms with Gasteiger partial charge in [0.2, 0.25) is 0 Å². The lowest BCUT2D eigenvalue weighted by atomic mass is 10.1. The van der Waals surface area contributed by atoms with Gasteiger partial charge >= 0.3 is 12.1 Å². The van der Waals surface area contributed by atoms with Gasteiger partial charge in [-0.05, 0) is 18.1 Å². The van der Waals surface area contributed by atoms with E-state index in [1.807, 2.05) is 0 Å². The Morgan fingerprint density at radius 1 is 1.32 bits per heavy atom. The van der Waals surface area contributed by atoms with Crippen molar-refractivity contribution in [1.82, 2.24) is 4.90 Å². The van der Waals surface area contributed by atoms with E-state index < -0.39 is 24.3 Å². The molecule has 0 heterocycles. The number of benzene rings is 1. The minimum absolute atomic E-state index is 0.107. The minimum Gasteiger partial charge on any atom is -0.328 e. The van der Waals surface area contributed by atoms with Crippen molar-refractivity contribution in [1.29, 1.82) is 0 Å². The van der Waals surface area contributed by atoms with E-state index in [0.717, 1.165) is 0 Å². The summed E-state index contributed by atoms with van der Waals surface area (Å²) in [6, 6.07) is 5.55. The third-order valence-corrected chi connectivity index (χ3v) is 3.34. The topological polar surface area (TPSA) is 20.3 Å². The summed E-state index contributed by atoms with van der Waals surface area (Å²) in [5.74, 6) is -1.91. The van der Waals surface area contributed by atoms with E-state index in [2.05, 4.69) is 0 Å². The highest BCUT2D eigenvalue weighted by molar-refractivity contribution is 5.82. The van der Waals surface area contributed by atoms with Crippen LogP contribution in [0.2, 0.25) is 0 Å². The third-order valence-electron chi connectivity index (χ3n) is 3.34. The highest BCUT2D eigenvalue weighted by Gasteiger charge is 2.46. The molecule has 2 atom stereocenters. The fraction of sp³-hybridized carbons (Fsp3) is 0.462. The second-order valence-electron chi connectivity index (χ2n) is 4.44. The lowest BCUT2D eigenvalue weighted by Gasteiger charge is -2.29. The maximum atomic E-state index is 13.8. The Morgan fingerprint density at radius 3 is 2.42 bits per heavy atom. The Balaban J connectivity index is 2.34. The average molecular weight is 275 g/mol. The number of carbonyl (C=O) groups is 1. The molecular formula is C13H13F4NO. The van der Waals surface area contributed by atoms with Crippen molar-refractivity contribution in [2.75, 3.05) is 6.54 Å². The first-order valence-corrected chi connectivity index (χ1v) is 5.97. The monoisotopic (exact) mass is 275 g/mol. The van der Waals surface area contributed by atoms with Crippen LogP contribution in [-0.4, -0.2) is 23.5 Å². The molecule has 1 aliphatic rings. The Kier molecular flexibility index (Phi) is 3.52. The van der Waals surface area contributed by atoms with E-state index >= 15 is 0 Å². The quantitative estimate of drug-likeness (QED) is 0.756. The van der Waals surface area contributed by atoms with Crippen molar-refractivity contribution in [3.8, 4) is 0 Å². The zero-order valence-electron chi connectivity index (χ0n) is 10.2. The normalized spacial score (nSPS) is 22.2. The molecule has 1 aliphatic carbocycles. The molecule has 1 amide bonds. The first-order valence-electron chi connectivity index (χ1n) is 5.97. The van der Waals surface area contributed by atoms with Crippen molar-refractivity contribution >= 4 is 5.91 Å². The van der Waals surface area contributed by atoms with E-state index in [1.54, 1.807) is 24.3 Å². The van der Waals surface area contributed by atoms with Crippen LogP contribution in [0.5, 0.6) is 0 Å². The highest BCUT2D eigenvalue weighted by atomic mass is 19.4. The number of nitrogens with zero attached hydrogens (tertiary/aromatic N) is 1. The van der Waals surface area contributed by atoms with Crippen molar-refractivity contribution in [3.05, 3.63) is 35.4 Å². The summed E-state index contributed by atoms with van der Waals surface area (Å²) in [5.41, 5.74) is 0.843. The second-order valence-corrected chi connectivity index (χ2v) is 4.44. The molecule has 0 fully saturated rings. The molecule has 1 aromatic carbocycles. The predicted octanol–water partition coefficient (Wildman–Crippen LogP) is 3.55. The molecule has 0 N–H and O–H groups in total. The SMILES string of the molecule is CCN(C(=O)C(F)(F)F)C1CC(F)c2ccccc21. The molecule has 1 aromatic rings. The van der Waals surface area contributed by atoms with Crippen LogP contribution in [0.15, 0.2) is 24.3 Å². The van der Waals surface area contributed by atoms with E-state index in [9.17, 15) is 22.4 Å². The fourth-order valence-electron chi connectivity index (χ4n) is 2.51. The van der Waals surface area contributed by atoms with Crippen LogP contribution >= 0.6 is 0 Å². The molecule has 0 aromatic heterocycles. The molecule has 0 bridgehead atoms. The summed E-state index contributed by atoms with van der Waals surface area (Å²) in [4.78, 5) is 12.1. The number of fused-ring (bicyclic) bond motifs is 1. The molecule has 0 radical (unpaired) electrons. The van der Waals surface area contributed by atoms with Gasteiger partial charge < -0.3 is 4.90 Å². The molecule has 104 valence electrons. The Morgan fingerprint density at radius 2 is 1.89 bits per heavy atom. The van der Waals surface area contributed by atoms with Crippen LogP contribution in [0, 0.1) is 0 Å². The Hall–Kier alpha value is -1.59. The molecule has 2 rings (SSSR count). The largest absolute Gasteiger partial charge is 0.471 e. The van der Waals surface area contributed by atoms with Crippen LogP contribution in [0.4, 0.5) is 17.6 Å². The van der Waals surface area contributed by atoms with Gasteiger partial charge in [0.1, 0.15) is 6.17 Å². The fourth-order valence-corrected chi connectivity index (χ4v) is 2.51. The van der Waals surface area contributed by atoms with Gasteiger partial charge in [-0.2, -0.15) is 13.2 Å². The maximum Gasteiger partial charge on any atom is 0.471 e. The maximum absolute atomic E-state index is 13.8. The van der Waals surface area contributed by atoms with E-state index in [4.69, 9.17) is 0 Å². The number of halogens is 4. The summed E-state index contributed by atoms with van der Waals surface area (Å²) in [6.07, 6.45) is -6.37. The first kappa shape index (κ1) is 13.8. The summed E-state index contributed by atoms with van der Waals surface area (Å²) < 4.78 is 51.4. The smallest absolute Gasteiger partial charge is 0.328 e. The van der Waals surface area contributed by atoms with Gasteiger partial charge in [-0.15, -0.1) is 0 Å². The summed E-state index contributed by atoms with van der Waals surface area (Å²) >= 11 is 0. The minimum atomic E-state index is -4.93. The number of amides is 1. The molecular weight excluding hydrogens is 262 g/mol. The van der Waals surface area contributed by atoms with Crippen LogP contribution in [0.3, 0.4) is 0 Å². The van der Waals surface area contributed by atoms with Gasteiger partial charge in [0.25, 0.3) is 0 Å². The van der Waals surface area contributed by atoms with Crippen molar-refractivity contribution < 1.29 is 22.4 Å². The van der Waals surface area contributed by atoms with Crippen molar-refractivity contribution in [2.24, 2.45) is 0 Å². The van der Waals surface area contributed by atoms with Crippen LogP contribution in [-0.2, 0) is 4.79 Å². The standard InChI is InChI=1S/C13H13F4NO/c1-2-18(12(19)13(15,16)17)11-7-10(14)8-5-3-4-6-9(8)11/h3-6,10-11H,2,7H2,1H3. The third kappa shape index (κ3) is 2.43. The summed E-state index contributed by atoms with van der Waals surface area (Å²) in [6.45, 7) is 1.35. The molecule has 2 unspecified atom stereocenters. The predicted molar refractivity (Wildman–Crippen MR) is 61.1 cm³/mol. The van der Waals surface area contributed by atoms with Crippen molar-refractivity contribution in [2.45, 2.75) is 31.7 Å². The number of hydrogen-bond acceptors (Lipinski definition) is 1. The molecule has 0 saturated heterocycles. The number of rotatable bonds is 2. The molecule has 19 heavy (non-hydrogen) atoms. The summed E-state index contributed by atoms with van der Waals surface area (Å²) in [5, 5.41) is 0. The second kappa shape index (κ2) is 4.83. The van der Waals surface area contributed by atoms with Crippen LogP contribution in [0.1, 0.15) is 36.7 Å². The van der Waals surface area contributed by atoms with Crippen LogP contribution < -0.4 is 0 Å². The lowest BCUT2D eigenvalue weighted by molar-refractivity contribution is -0.188. The zero-order chi connectivity index (χ0) is 14.2. The molecule has 0 saturated carbocycles. The van der Waals surface area contributed by atoms with Gasteiger partial charge in [-0.25, -0.2) is 4.39 Å². The van der Waals surface area contributed by atoms with Crippen LogP contribution in [0.25, 0.3) is 0 Å². The number of hydrogen-bond donors (Lipinski definition) is 0. The van der Waals surface area contributed by atoms with Gasteiger partial charge in [-0.3, -0.25) is 4.79 Å². The van der Waals surface area contributed by atoms with Gasteiger partial charge in [0.05, 0.1) is 6.04 Å². The van der Waals surface area contributed by atoms with Gasteiger partial charge in [0, 0.05) is 13.0 Å². The van der Waals surface area contributed by atoms with E-state index in [-0.39, 0.29) is 13.0 Å².